The molecule has 2 heterocycles. The van der Waals surface area contributed by atoms with Crippen LogP contribution in [0.25, 0.3) is 0 Å². The Balaban J connectivity index is 1.53. The van der Waals surface area contributed by atoms with Gasteiger partial charge in [-0.1, -0.05) is 0 Å². The minimum atomic E-state index is -0.0877. The van der Waals surface area contributed by atoms with E-state index in [0.29, 0.717) is 13.2 Å². The average Bonchev–Trinajstić information content (AvgIpc) is 2.88. The number of nitrogens with zero attached hydrogens (tertiary/aromatic N) is 1. The minimum Gasteiger partial charge on any atom is -0.486 e. The number of nitrogens with one attached hydrogen (secondary N) is 2. The van der Waals surface area contributed by atoms with E-state index in [2.05, 4.69) is 15.5 Å². The molecule has 6 heteroatoms. The van der Waals surface area contributed by atoms with Crippen molar-refractivity contribution in [2.75, 3.05) is 18.5 Å². The highest BCUT2D eigenvalue weighted by Gasteiger charge is 2.19. The van der Waals surface area contributed by atoms with E-state index in [9.17, 15) is 4.79 Å². The van der Waals surface area contributed by atoms with Crippen LogP contribution in [0.3, 0.4) is 0 Å². The van der Waals surface area contributed by atoms with E-state index in [4.69, 9.17) is 9.47 Å². The van der Waals surface area contributed by atoms with Gasteiger partial charge in [0.05, 0.1) is 19.6 Å². The van der Waals surface area contributed by atoms with Gasteiger partial charge in [-0.05, 0) is 30.3 Å². The van der Waals surface area contributed by atoms with Crippen LogP contribution in [-0.2, 0) is 16.0 Å². The second kappa shape index (κ2) is 5.75. The van der Waals surface area contributed by atoms with Gasteiger partial charge < -0.3 is 14.8 Å². The lowest BCUT2D eigenvalue weighted by atomic mass is 10.2. The first kappa shape index (κ1) is 12.7. The van der Waals surface area contributed by atoms with E-state index in [0.717, 1.165) is 17.1 Å². The van der Waals surface area contributed by atoms with Crippen molar-refractivity contribution in [1.29, 1.82) is 0 Å². The first-order valence-corrected chi connectivity index (χ1v) is 6.42. The van der Waals surface area contributed by atoms with E-state index >= 15 is 0 Å². The third kappa shape index (κ3) is 3.16. The quantitative estimate of drug-likeness (QED) is 0.862. The molecule has 1 aromatic heterocycles. The molecule has 1 aliphatic rings. The van der Waals surface area contributed by atoms with Crippen LogP contribution in [0.4, 0.5) is 5.69 Å². The molecule has 2 N–H and O–H groups in total. The van der Waals surface area contributed by atoms with Crippen LogP contribution in [0.5, 0.6) is 5.75 Å². The molecule has 0 radical (unpaired) electrons. The Kier molecular flexibility index (Phi) is 3.64. The van der Waals surface area contributed by atoms with Crippen LogP contribution < -0.4 is 10.1 Å². The van der Waals surface area contributed by atoms with Gasteiger partial charge in [0.1, 0.15) is 11.9 Å². The van der Waals surface area contributed by atoms with Crippen LogP contribution in [-0.4, -0.2) is 35.4 Å². The molecule has 1 saturated heterocycles. The number of anilines is 1. The van der Waals surface area contributed by atoms with Crippen molar-refractivity contribution in [2.24, 2.45) is 0 Å². The maximum atomic E-state index is 11.8. The predicted octanol–water partition coefficient (Wildman–Crippen LogP) is 1.37. The average molecular weight is 273 g/mol. The molecular formula is C14H15N3O3. The Morgan fingerprint density at radius 1 is 1.35 bits per heavy atom. The number of carbonyl (C=O) groups excluding carboxylic acids is 1. The number of H-pyrrole nitrogens is 1. The summed E-state index contributed by atoms with van der Waals surface area (Å²) in [6.07, 6.45) is 2.05. The number of carbonyl (C=O) groups is 1. The molecule has 6 nitrogen and oxygen atoms in total. The Labute approximate surface area is 116 Å². The number of hydrogen-bond acceptors (Lipinski definition) is 4. The molecule has 1 aromatic carbocycles. The van der Waals surface area contributed by atoms with E-state index in [1.807, 2.05) is 24.3 Å². The van der Waals surface area contributed by atoms with Gasteiger partial charge in [0.2, 0.25) is 5.91 Å². The van der Waals surface area contributed by atoms with E-state index in [-0.39, 0.29) is 18.4 Å². The molecule has 0 unspecified atom stereocenters. The first-order chi connectivity index (χ1) is 9.79. The minimum absolute atomic E-state index is 0.0877. The normalized spacial score (nSPS) is 14.6. The summed E-state index contributed by atoms with van der Waals surface area (Å²) in [5, 5.41) is 9.38. The highest BCUT2D eigenvalue weighted by Crippen LogP contribution is 2.19. The predicted molar refractivity (Wildman–Crippen MR) is 72.6 cm³/mol. The van der Waals surface area contributed by atoms with Gasteiger partial charge in [-0.2, -0.15) is 5.10 Å². The third-order valence-electron chi connectivity index (χ3n) is 2.96. The highest BCUT2D eigenvalue weighted by atomic mass is 16.6. The summed E-state index contributed by atoms with van der Waals surface area (Å²) in [6.45, 7) is 1.28. The lowest BCUT2D eigenvalue weighted by molar-refractivity contribution is -0.115. The van der Waals surface area contributed by atoms with Crippen molar-refractivity contribution in [3.63, 3.8) is 0 Å². The Morgan fingerprint density at radius 2 is 2.15 bits per heavy atom. The summed E-state index contributed by atoms with van der Waals surface area (Å²) in [4.78, 5) is 11.8. The summed E-state index contributed by atoms with van der Waals surface area (Å²) in [7, 11) is 0. The largest absolute Gasteiger partial charge is 0.486 e. The van der Waals surface area contributed by atoms with Crippen molar-refractivity contribution in [3.8, 4) is 5.75 Å². The molecule has 1 fully saturated rings. The summed E-state index contributed by atoms with van der Waals surface area (Å²) in [6, 6.07) is 9.09. The number of aromatic nitrogens is 2. The van der Waals surface area contributed by atoms with Crippen LogP contribution in [0.2, 0.25) is 0 Å². The number of aromatic amines is 1. The van der Waals surface area contributed by atoms with E-state index < -0.39 is 0 Å². The molecule has 0 saturated carbocycles. The monoisotopic (exact) mass is 273 g/mol. The Hall–Kier alpha value is -2.34. The fourth-order valence-corrected chi connectivity index (χ4v) is 1.85. The molecule has 1 amide bonds. The second-order valence-corrected chi connectivity index (χ2v) is 4.61. The van der Waals surface area contributed by atoms with E-state index in [1.165, 1.54) is 0 Å². The van der Waals surface area contributed by atoms with Crippen molar-refractivity contribution in [3.05, 3.63) is 42.2 Å². The van der Waals surface area contributed by atoms with Gasteiger partial charge in [-0.15, -0.1) is 0 Å². The van der Waals surface area contributed by atoms with Gasteiger partial charge in [0, 0.05) is 17.6 Å². The molecule has 2 aromatic rings. The number of amides is 1. The highest BCUT2D eigenvalue weighted by molar-refractivity contribution is 5.92. The Bertz CT molecular complexity index is 562. The number of benzene rings is 1. The van der Waals surface area contributed by atoms with E-state index in [1.54, 1.807) is 12.3 Å². The maximum Gasteiger partial charge on any atom is 0.230 e. The van der Waals surface area contributed by atoms with Gasteiger partial charge >= 0.3 is 0 Å². The number of hydrogen-bond donors (Lipinski definition) is 2. The van der Waals surface area contributed by atoms with Crippen molar-refractivity contribution < 1.29 is 14.3 Å². The summed E-state index contributed by atoms with van der Waals surface area (Å²) in [5.41, 5.74) is 1.53. The zero-order valence-corrected chi connectivity index (χ0v) is 10.8. The van der Waals surface area contributed by atoms with Gasteiger partial charge in [0.25, 0.3) is 0 Å². The standard InChI is InChI=1S/C14H15N3O3/c18-14(7-11-5-6-15-17-11)16-10-1-3-12(4-2-10)20-13-8-19-9-13/h1-6,13H,7-9H2,(H,15,17)(H,16,18). The second-order valence-electron chi connectivity index (χ2n) is 4.61. The maximum absolute atomic E-state index is 11.8. The summed E-state index contributed by atoms with van der Waals surface area (Å²) >= 11 is 0. The molecule has 0 spiro atoms. The topological polar surface area (TPSA) is 76.2 Å². The molecule has 104 valence electrons. The van der Waals surface area contributed by atoms with Crippen molar-refractivity contribution in [1.82, 2.24) is 10.2 Å². The summed E-state index contributed by atoms with van der Waals surface area (Å²) in [5.74, 6) is 0.695. The molecule has 0 aliphatic carbocycles. The lowest BCUT2D eigenvalue weighted by Gasteiger charge is -2.26. The third-order valence-corrected chi connectivity index (χ3v) is 2.96. The smallest absolute Gasteiger partial charge is 0.230 e. The zero-order valence-electron chi connectivity index (χ0n) is 10.8. The van der Waals surface area contributed by atoms with Gasteiger partial charge in [-0.25, -0.2) is 0 Å². The van der Waals surface area contributed by atoms with Crippen LogP contribution >= 0.6 is 0 Å². The van der Waals surface area contributed by atoms with Crippen LogP contribution in [0, 0.1) is 0 Å². The van der Waals surface area contributed by atoms with Crippen molar-refractivity contribution in [2.45, 2.75) is 12.5 Å². The first-order valence-electron chi connectivity index (χ1n) is 6.42. The van der Waals surface area contributed by atoms with Gasteiger partial charge in [-0.3, -0.25) is 9.89 Å². The van der Waals surface area contributed by atoms with Crippen LogP contribution in [0.15, 0.2) is 36.5 Å². The molecule has 0 atom stereocenters. The number of ether oxygens (including phenoxy) is 2. The zero-order chi connectivity index (χ0) is 13.8. The fourth-order valence-electron chi connectivity index (χ4n) is 1.85. The molecule has 1 aliphatic heterocycles. The molecule has 20 heavy (non-hydrogen) atoms. The molecule has 3 rings (SSSR count). The Morgan fingerprint density at radius 3 is 2.75 bits per heavy atom. The lowest BCUT2D eigenvalue weighted by Crippen LogP contribution is -2.38. The summed E-state index contributed by atoms with van der Waals surface area (Å²) < 4.78 is 10.7. The number of rotatable bonds is 5. The molecule has 0 bridgehead atoms. The molecular weight excluding hydrogens is 258 g/mol. The fraction of sp³-hybridized carbons (Fsp3) is 0.286. The SMILES string of the molecule is O=C(Cc1ccn[nH]1)Nc1ccc(OC2COC2)cc1. The van der Waals surface area contributed by atoms with Crippen LogP contribution in [0.1, 0.15) is 5.69 Å². The van der Waals surface area contributed by atoms with Gasteiger partial charge in [0.15, 0.2) is 0 Å². The van der Waals surface area contributed by atoms with Crippen molar-refractivity contribution >= 4 is 11.6 Å².